The second kappa shape index (κ2) is 5.82. The molecule has 112 valence electrons. The van der Waals surface area contributed by atoms with Gasteiger partial charge in [0.2, 0.25) is 5.91 Å². The van der Waals surface area contributed by atoms with E-state index in [0.717, 1.165) is 4.90 Å². The zero-order valence-electron chi connectivity index (χ0n) is 12.0. The number of nitrogens with two attached hydrogens (primary N) is 1. The largest absolute Gasteiger partial charge is 0.399 e. The summed E-state index contributed by atoms with van der Waals surface area (Å²) < 4.78 is 0. The molecular weight excluding hydrogens is 272 g/mol. The Morgan fingerprint density at radius 1 is 1.43 bits per heavy atom. The van der Waals surface area contributed by atoms with E-state index in [2.05, 4.69) is 10.6 Å². The molecule has 21 heavy (non-hydrogen) atoms. The van der Waals surface area contributed by atoms with Crippen molar-refractivity contribution in [3.05, 3.63) is 23.8 Å². The zero-order chi connectivity index (χ0) is 15.6. The molecule has 0 aliphatic carbocycles. The fraction of sp³-hybridized carbons (Fsp3) is 0.357. The Bertz CT molecular complexity index is 600. The molecule has 1 fully saturated rings. The van der Waals surface area contributed by atoms with Crippen LogP contribution in [0.1, 0.15) is 23.7 Å². The standard InChI is InChI=1S/C14H18N4O3/c1-3-16-13(20)9-5-4-8(15)6-10(9)17-11-7-12(19)18(2)14(11)21/h4-6,11,17H,3,7,15H2,1-2H3,(H,16,20). The summed E-state index contributed by atoms with van der Waals surface area (Å²) in [4.78, 5) is 36.5. The van der Waals surface area contributed by atoms with Gasteiger partial charge in [-0.25, -0.2) is 0 Å². The molecule has 3 amide bonds. The van der Waals surface area contributed by atoms with Gasteiger partial charge in [-0.3, -0.25) is 19.3 Å². The Labute approximate surface area is 122 Å². The average molecular weight is 290 g/mol. The van der Waals surface area contributed by atoms with E-state index in [-0.39, 0.29) is 24.1 Å². The van der Waals surface area contributed by atoms with Gasteiger partial charge in [-0.05, 0) is 25.1 Å². The van der Waals surface area contributed by atoms with E-state index in [1.54, 1.807) is 18.2 Å². The van der Waals surface area contributed by atoms with Gasteiger partial charge < -0.3 is 16.4 Å². The molecule has 0 spiro atoms. The van der Waals surface area contributed by atoms with Gasteiger partial charge in [0.05, 0.1) is 12.0 Å². The number of nitrogens with one attached hydrogen (secondary N) is 2. The molecule has 1 saturated heterocycles. The van der Waals surface area contributed by atoms with Gasteiger partial charge in [-0.15, -0.1) is 0 Å². The van der Waals surface area contributed by atoms with Crippen LogP contribution in [0.3, 0.4) is 0 Å². The lowest BCUT2D eigenvalue weighted by Gasteiger charge is -2.16. The van der Waals surface area contributed by atoms with Crippen LogP contribution < -0.4 is 16.4 Å². The Balaban J connectivity index is 2.27. The van der Waals surface area contributed by atoms with E-state index in [4.69, 9.17) is 5.73 Å². The molecule has 7 nitrogen and oxygen atoms in total. The van der Waals surface area contributed by atoms with Crippen LogP contribution in [-0.2, 0) is 9.59 Å². The molecule has 0 aromatic heterocycles. The Kier molecular flexibility index (Phi) is 4.11. The predicted octanol–water partition coefficient (Wildman–Crippen LogP) is 0.188. The summed E-state index contributed by atoms with van der Waals surface area (Å²) in [6.45, 7) is 2.31. The highest BCUT2D eigenvalue weighted by Crippen LogP contribution is 2.23. The molecule has 1 unspecified atom stereocenters. The van der Waals surface area contributed by atoms with Gasteiger partial charge in [-0.2, -0.15) is 0 Å². The first-order chi connectivity index (χ1) is 9.93. The number of hydrogen-bond donors (Lipinski definition) is 3. The van der Waals surface area contributed by atoms with E-state index in [1.807, 2.05) is 6.92 Å². The van der Waals surface area contributed by atoms with Crippen LogP contribution >= 0.6 is 0 Å². The molecule has 0 bridgehead atoms. The SMILES string of the molecule is CCNC(=O)c1ccc(N)cc1NC1CC(=O)N(C)C1=O. The maximum absolute atomic E-state index is 12.0. The lowest BCUT2D eigenvalue weighted by Crippen LogP contribution is -2.33. The van der Waals surface area contributed by atoms with Crippen molar-refractivity contribution in [2.45, 2.75) is 19.4 Å². The Morgan fingerprint density at radius 3 is 2.71 bits per heavy atom. The molecule has 0 saturated carbocycles. The lowest BCUT2D eigenvalue weighted by atomic mass is 10.1. The van der Waals surface area contributed by atoms with E-state index >= 15 is 0 Å². The third kappa shape index (κ3) is 2.96. The van der Waals surface area contributed by atoms with Crippen molar-refractivity contribution in [1.29, 1.82) is 0 Å². The van der Waals surface area contributed by atoms with Crippen molar-refractivity contribution in [1.82, 2.24) is 10.2 Å². The topological polar surface area (TPSA) is 105 Å². The summed E-state index contributed by atoms with van der Waals surface area (Å²) in [6, 6.07) is 4.12. The first-order valence-electron chi connectivity index (χ1n) is 6.68. The van der Waals surface area contributed by atoms with E-state index < -0.39 is 6.04 Å². The van der Waals surface area contributed by atoms with Gasteiger partial charge in [0.1, 0.15) is 6.04 Å². The number of rotatable bonds is 4. The number of nitrogen functional groups attached to an aromatic ring is 1. The minimum atomic E-state index is -0.669. The number of nitrogens with zero attached hydrogens (tertiary/aromatic N) is 1. The second-order valence-corrected chi connectivity index (χ2v) is 4.86. The summed E-state index contributed by atoms with van der Waals surface area (Å²) in [7, 11) is 1.44. The van der Waals surface area contributed by atoms with Crippen molar-refractivity contribution in [2.75, 3.05) is 24.6 Å². The molecule has 1 aliphatic rings. The number of benzene rings is 1. The highest BCUT2D eigenvalue weighted by Gasteiger charge is 2.36. The van der Waals surface area contributed by atoms with Crippen molar-refractivity contribution >= 4 is 29.1 Å². The average Bonchev–Trinajstić information content (AvgIpc) is 2.67. The van der Waals surface area contributed by atoms with Crippen molar-refractivity contribution in [3.8, 4) is 0 Å². The van der Waals surface area contributed by atoms with Crippen LogP contribution in [0.5, 0.6) is 0 Å². The zero-order valence-corrected chi connectivity index (χ0v) is 12.0. The minimum absolute atomic E-state index is 0.0684. The number of anilines is 2. The summed E-state index contributed by atoms with van der Waals surface area (Å²) in [6.07, 6.45) is 0.0684. The number of imide groups is 1. The monoisotopic (exact) mass is 290 g/mol. The fourth-order valence-corrected chi connectivity index (χ4v) is 2.19. The first-order valence-corrected chi connectivity index (χ1v) is 6.68. The van der Waals surface area contributed by atoms with Crippen molar-refractivity contribution in [3.63, 3.8) is 0 Å². The maximum Gasteiger partial charge on any atom is 0.253 e. The minimum Gasteiger partial charge on any atom is -0.399 e. The molecule has 1 aromatic rings. The fourth-order valence-electron chi connectivity index (χ4n) is 2.19. The highest BCUT2D eigenvalue weighted by atomic mass is 16.2. The summed E-state index contributed by atoms with van der Waals surface area (Å²) in [5.74, 6) is -0.824. The Hall–Kier alpha value is -2.57. The number of carbonyl (C=O) groups excluding carboxylic acids is 3. The van der Waals surface area contributed by atoms with Crippen LogP contribution in [0.2, 0.25) is 0 Å². The normalized spacial score (nSPS) is 18.0. The van der Waals surface area contributed by atoms with E-state index in [9.17, 15) is 14.4 Å². The maximum atomic E-state index is 12.0. The highest BCUT2D eigenvalue weighted by molar-refractivity contribution is 6.07. The summed E-state index contributed by atoms with van der Waals surface area (Å²) >= 11 is 0. The van der Waals surface area contributed by atoms with Crippen LogP contribution in [0.25, 0.3) is 0 Å². The molecule has 1 heterocycles. The van der Waals surface area contributed by atoms with Gasteiger partial charge in [0, 0.05) is 25.0 Å². The number of hydrogen-bond acceptors (Lipinski definition) is 5. The molecule has 0 radical (unpaired) electrons. The molecular formula is C14H18N4O3. The summed E-state index contributed by atoms with van der Waals surface area (Å²) in [5.41, 5.74) is 7.04. The molecule has 4 N–H and O–H groups in total. The van der Waals surface area contributed by atoms with Crippen LogP contribution in [0.15, 0.2) is 18.2 Å². The van der Waals surface area contributed by atoms with E-state index in [1.165, 1.54) is 7.05 Å². The summed E-state index contributed by atoms with van der Waals surface area (Å²) in [5, 5.41) is 5.64. The molecule has 7 heteroatoms. The van der Waals surface area contributed by atoms with Crippen LogP contribution in [-0.4, -0.2) is 42.3 Å². The van der Waals surface area contributed by atoms with Crippen molar-refractivity contribution in [2.24, 2.45) is 0 Å². The first kappa shape index (κ1) is 14.8. The van der Waals surface area contributed by atoms with Gasteiger partial charge in [-0.1, -0.05) is 0 Å². The molecule has 2 rings (SSSR count). The van der Waals surface area contributed by atoms with Crippen LogP contribution in [0, 0.1) is 0 Å². The number of amides is 3. The van der Waals surface area contributed by atoms with Gasteiger partial charge in [0.25, 0.3) is 11.8 Å². The lowest BCUT2D eigenvalue weighted by molar-refractivity contribution is -0.136. The number of carbonyl (C=O) groups is 3. The number of likely N-dealkylation sites (tertiary alicyclic amines) is 1. The third-order valence-corrected chi connectivity index (χ3v) is 3.34. The van der Waals surface area contributed by atoms with Gasteiger partial charge >= 0.3 is 0 Å². The van der Waals surface area contributed by atoms with Gasteiger partial charge in [0.15, 0.2) is 0 Å². The quantitative estimate of drug-likeness (QED) is 0.542. The molecule has 1 aliphatic heterocycles. The third-order valence-electron chi connectivity index (χ3n) is 3.34. The smallest absolute Gasteiger partial charge is 0.253 e. The van der Waals surface area contributed by atoms with Crippen LogP contribution in [0.4, 0.5) is 11.4 Å². The number of likely N-dealkylation sites (N-methyl/N-ethyl adjacent to an activating group) is 1. The van der Waals surface area contributed by atoms with E-state index in [0.29, 0.717) is 23.5 Å². The Morgan fingerprint density at radius 2 is 2.14 bits per heavy atom. The second-order valence-electron chi connectivity index (χ2n) is 4.86. The molecule has 1 aromatic carbocycles. The predicted molar refractivity (Wildman–Crippen MR) is 78.7 cm³/mol. The van der Waals surface area contributed by atoms with Crippen molar-refractivity contribution < 1.29 is 14.4 Å². The molecule has 1 atom stereocenters.